The number of benzene rings is 2. The van der Waals surface area contributed by atoms with Gasteiger partial charge in [-0.25, -0.2) is 4.39 Å². The van der Waals surface area contributed by atoms with Gasteiger partial charge in [-0.1, -0.05) is 23.7 Å². The van der Waals surface area contributed by atoms with Crippen LogP contribution in [0, 0.1) is 11.7 Å². The minimum absolute atomic E-state index is 0.159. The molecule has 4 rings (SSSR count). The van der Waals surface area contributed by atoms with Crippen LogP contribution in [0.2, 0.25) is 5.02 Å². The molecule has 1 unspecified atom stereocenters. The van der Waals surface area contributed by atoms with Crippen molar-refractivity contribution in [2.75, 3.05) is 31.5 Å². The standard InChI is InChI=1S/C21H24ClFN2O/c22-17-3-6-21-20(12-17)24-13-19(26-21)14-25-9-7-16(8-10-25)11-15-1-4-18(23)5-2-15/h1-6,12,16,19,24H,7-11,13-14H2. The molecule has 3 nitrogen and oxygen atoms in total. The fraction of sp³-hybridized carbons (Fsp3) is 0.429. The van der Waals surface area contributed by atoms with Gasteiger partial charge in [0.1, 0.15) is 17.7 Å². The number of halogens is 2. The van der Waals surface area contributed by atoms with Crippen LogP contribution in [0.5, 0.6) is 5.75 Å². The first-order valence-corrected chi connectivity index (χ1v) is 9.70. The Morgan fingerprint density at radius 2 is 1.88 bits per heavy atom. The van der Waals surface area contributed by atoms with Gasteiger partial charge in [-0.2, -0.15) is 0 Å². The van der Waals surface area contributed by atoms with Crippen LogP contribution in [0.25, 0.3) is 0 Å². The lowest BCUT2D eigenvalue weighted by molar-refractivity contribution is 0.107. The largest absolute Gasteiger partial charge is 0.485 e. The summed E-state index contributed by atoms with van der Waals surface area (Å²) in [5.41, 5.74) is 2.21. The predicted molar refractivity (Wildman–Crippen MR) is 104 cm³/mol. The number of nitrogens with zero attached hydrogens (tertiary/aromatic N) is 1. The number of nitrogens with one attached hydrogen (secondary N) is 1. The smallest absolute Gasteiger partial charge is 0.143 e. The third-order valence-corrected chi connectivity index (χ3v) is 5.60. The Morgan fingerprint density at radius 1 is 1.12 bits per heavy atom. The molecule has 0 aliphatic carbocycles. The minimum atomic E-state index is -0.159. The Labute approximate surface area is 159 Å². The Bertz CT molecular complexity index is 744. The van der Waals surface area contributed by atoms with Crippen molar-refractivity contribution in [2.24, 2.45) is 5.92 Å². The molecule has 0 saturated carbocycles. The fourth-order valence-corrected chi connectivity index (χ4v) is 4.08. The van der Waals surface area contributed by atoms with E-state index in [-0.39, 0.29) is 11.9 Å². The van der Waals surface area contributed by atoms with E-state index in [1.54, 1.807) is 12.1 Å². The summed E-state index contributed by atoms with van der Waals surface area (Å²) in [6.07, 6.45) is 3.58. The topological polar surface area (TPSA) is 24.5 Å². The van der Waals surface area contributed by atoms with E-state index < -0.39 is 0 Å². The lowest BCUT2D eigenvalue weighted by Gasteiger charge is -2.36. The van der Waals surface area contributed by atoms with Gasteiger partial charge in [-0.3, -0.25) is 4.90 Å². The third-order valence-electron chi connectivity index (χ3n) is 5.36. The highest BCUT2D eigenvalue weighted by Gasteiger charge is 2.25. The number of likely N-dealkylation sites (tertiary alicyclic amines) is 1. The molecule has 2 aliphatic heterocycles. The molecule has 1 N–H and O–H groups in total. The number of ether oxygens (including phenoxy) is 1. The average molecular weight is 375 g/mol. The zero-order valence-corrected chi connectivity index (χ0v) is 15.5. The van der Waals surface area contributed by atoms with Gasteiger partial charge < -0.3 is 10.1 Å². The molecule has 2 aromatic rings. The summed E-state index contributed by atoms with van der Waals surface area (Å²) in [5, 5.41) is 4.15. The van der Waals surface area contributed by atoms with Crippen molar-refractivity contribution >= 4 is 17.3 Å². The lowest BCUT2D eigenvalue weighted by Crippen LogP contribution is -2.44. The van der Waals surface area contributed by atoms with Crippen molar-refractivity contribution in [2.45, 2.75) is 25.4 Å². The molecule has 1 atom stereocenters. The van der Waals surface area contributed by atoms with E-state index in [2.05, 4.69) is 10.2 Å². The van der Waals surface area contributed by atoms with E-state index in [0.29, 0.717) is 5.92 Å². The third kappa shape index (κ3) is 4.30. The van der Waals surface area contributed by atoms with Crippen LogP contribution in [0.1, 0.15) is 18.4 Å². The van der Waals surface area contributed by atoms with E-state index in [0.717, 1.165) is 49.1 Å². The molecule has 0 spiro atoms. The SMILES string of the molecule is Fc1ccc(CC2CCN(CC3CNc4cc(Cl)ccc4O3)CC2)cc1. The van der Waals surface area contributed by atoms with Crippen molar-refractivity contribution in [3.63, 3.8) is 0 Å². The number of piperidine rings is 1. The Hall–Kier alpha value is -1.78. The molecule has 1 fully saturated rings. The van der Waals surface area contributed by atoms with Crippen molar-refractivity contribution in [1.82, 2.24) is 4.90 Å². The van der Waals surface area contributed by atoms with Gasteiger partial charge in [0.15, 0.2) is 0 Å². The second-order valence-electron chi connectivity index (χ2n) is 7.34. The molecule has 0 amide bonds. The Kier molecular flexibility index (Phi) is 5.32. The zero-order chi connectivity index (χ0) is 17.9. The van der Waals surface area contributed by atoms with E-state index in [9.17, 15) is 4.39 Å². The maximum Gasteiger partial charge on any atom is 0.143 e. The summed E-state index contributed by atoms with van der Waals surface area (Å²) in [6, 6.07) is 12.6. The van der Waals surface area contributed by atoms with Gasteiger partial charge in [0, 0.05) is 11.6 Å². The van der Waals surface area contributed by atoms with Gasteiger partial charge in [0.25, 0.3) is 0 Å². The van der Waals surface area contributed by atoms with Gasteiger partial charge in [-0.15, -0.1) is 0 Å². The van der Waals surface area contributed by atoms with E-state index in [1.807, 2.05) is 30.3 Å². The first-order chi connectivity index (χ1) is 12.7. The number of rotatable bonds is 4. The first kappa shape index (κ1) is 17.6. The molecule has 1 saturated heterocycles. The fourth-order valence-electron chi connectivity index (χ4n) is 3.90. The van der Waals surface area contributed by atoms with Crippen LogP contribution in [-0.2, 0) is 6.42 Å². The summed E-state index contributed by atoms with van der Waals surface area (Å²) in [4.78, 5) is 2.49. The van der Waals surface area contributed by atoms with Gasteiger partial charge in [0.2, 0.25) is 0 Å². The summed E-state index contributed by atoms with van der Waals surface area (Å²) in [5.74, 6) is 1.41. The Balaban J connectivity index is 1.25. The molecule has 2 aromatic carbocycles. The van der Waals surface area contributed by atoms with Crippen LogP contribution in [-0.4, -0.2) is 37.2 Å². The Morgan fingerprint density at radius 3 is 2.65 bits per heavy atom. The number of hydrogen-bond donors (Lipinski definition) is 1. The van der Waals surface area contributed by atoms with Gasteiger partial charge in [-0.05, 0) is 74.2 Å². The normalized spacial score (nSPS) is 20.9. The van der Waals surface area contributed by atoms with Crippen LogP contribution in [0.3, 0.4) is 0 Å². The van der Waals surface area contributed by atoms with Crippen molar-refractivity contribution < 1.29 is 9.13 Å². The predicted octanol–water partition coefficient (Wildman–Crippen LogP) is 4.61. The van der Waals surface area contributed by atoms with Crippen LogP contribution < -0.4 is 10.1 Å². The van der Waals surface area contributed by atoms with Crippen LogP contribution in [0.15, 0.2) is 42.5 Å². The highest BCUT2D eigenvalue weighted by molar-refractivity contribution is 6.30. The summed E-state index contributed by atoms with van der Waals surface area (Å²) >= 11 is 6.03. The molecule has 0 aromatic heterocycles. The number of hydrogen-bond acceptors (Lipinski definition) is 3. The molecular weight excluding hydrogens is 351 g/mol. The second kappa shape index (κ2) is 7.85. The van der Waals surface area contributed by atoms with Crippen LogP contribution in [0.4, 0.5) is 10.1 Å². The molecule has 26 heavy (non-hydrogen) atoms. The van der Waals surface area contributed by atoms with E-state index in [4.69, 9.17) is 16.3 Å². The quantitative estimate of drug-likeness (QED) is 0.846. The monoisotopic (exact) mass is 374 g/mol. The number of fused-ring (bicyclic) bond motifs is 1. The highest BCUT2D eigenvalue weighted by Crippen LogP contribution is 2.32. The molecule has 138 valence electrons. The maximum atomic E-state index is 13.0. The van der Waals surface area contributed by atoms with Gasteiger partial charge in [0.05, 0.1) is 12.2 Å². The average Bonchev–Trinajstić information content (AvgIpc) is 2.65. The van der Waals surface area contributed by atoms with Crippen molar-refractivity contribution in [3.8, 4) is 5.75 Å². The highest BCUT2D eigenvalue weighted by atomic mass is 35.5. The molecular formula is C21H24ClFN2O. The minimum Gasteiger partial charge on any atom is -0.485 e. The maximum absolute atomic E-state index is 13.0. The van der Waals surface area contributed by atoms with E-state index in [1.165, 1.54) is 18.4 Å². The van der Waals surface area contributed by atoms with Crippen molar-refractivity contribution in [1.29, 1.82) is 0 Å². The molecule has 0 bridgehead atoms. The summed E-state index contributed by atoms with van der Waals surface area (Å²) in [7, 11) is 0. The van der Waals surface area contributed by atoms with Crippen LogP contribution >= 0.6 is 11.6 Å². The first-order valence-electron chi connectivity index (χ1n) is 9.32. The molecule has 2 aliphatic rings. The second-order valence-corrected chi connectivity index (χ2v) is 7.77. The zero-order valence-electron chi connectivity index (χ0n) is 14.8. The van der Waals surface area contributed by atoms with E-state index >= 15 is 0 Å². The van der Waals surface area contributed by atoms with Crippen molar-refractivity contribution in [3.05, 3.63) is 58.9 Å². The molecule has 2 heterocycles. The summed E-state index contributed by atoms with van der Waals surface area (Å²) < 4.78 is 19.1. The summed E-state index contributed by atoms with van der Waals surface area (Å²) in [6.45, 7) is 3.94. The number of anilines is 1. The van der Waals surface area contributed by atoms with Gasteiger partial charge >= 0.3 is 0 Å². The molecule has 5 heteroatoms. The lowest BCUT2D eigenvalue weighted by atomic mass is 9.90. The molecule has 0 radical (unpaired) electrons.